The highest BCUT2D eigenvalue weighted by Gasteiger charge is 2.39. The lowest BCUT2D eigenvalue weighted by atomic mass is 9.87. The van der Waals surface area contributed by atoms with Gasteiger partial charge in [0.25, 0.3) is 0 Å². The Morgan fingerprint density at radius 1 is 1.00 bits per heavy atom. The molecule has 0 aliphatic rings. The largest absolute Gasteiger partial charge is 0.416 e. The van der Waals surface area contributed by atoms with E-state index in [1.807, 2.05) is 0 Å². The second-order valence-electron chi connectivity index (χ2n) is 6.78. The van der Waals surface area contributed by atoms with E-state index in [1.165, 1.54) is 13.0 Å². The smallest absolute Gasteiger partial charge is 0.367 e. The number of hydrogen-bond donors (Lipinski definition) is 3. The molecule has 5 nitrogen and oxygen atoms in total. The van der Waals surface area contributed by atoms with E-state index in [-0.39, 0.29) is 5.56 Å². The Balaban J connectivity index is 2.31. The Bertz CT molecular complexity index is 855. The first kappa shape index (κ1) is 21.4. The molecule has 0 fully saturated rings. The van der Waals surface area contributed by atoms with E-state index < -0.39 is 41.1 Å². The van der Waals surface area contributed by atoms with Crippen molar-refractivity contribution in [2.24, 2.45) is 17.4 Å². The Kier molecular flexibility index (Phi) is 6.14. The Morgan fingerprint density at radius 3 is 2.11 bits per heavy atom. The minimum absolute atomic E-state index is 0.0661. The van der Waals surface area contributed by atoms with Crippen molar-refractivity contribution in [3.05, 3.63) is 71.3 Å². The van der Waals surface area contributed by atoms with Crippen LogP contribution in [0.4, 0.5) is 13.2 Å². The molecule has 28 heavy (non-hydrogen) atoms. The number of amides is 2. The molecule has 8 heteroatoms. The molecule has 2 aromatic rings. The monoisotopic (exact) mass is 393 g/mol. The van der Waals surface area contributed by atoms with Gasteiger partial charge in [0, 0.05) is 6.04 Å². The van der Waals surface area contributed by atoms with E-state index in [1.54, 1.807) is 37.3 Å². The third-order valence-corrected chi connectivity index (χ3v) is 4.77. The molecular weight excluding hydrogens is 371 g/mol. The van der Waals surface area contributed by atoms with Crippen LogP contribution in [0, 0.1) is 5.92 Å². The van der Waals surface area contributed by atoms with Crippen LogP contribution < -0.4 is 16.8 Å². The molecule has 2 rings (SSSR count). The summed E-state index contributed by atoms with van der Waals surface area (Å²) < 4.78 is 39.1. The zero-order valence-electron chi connectivity index (χ0n) is 15.5. The van der Waals surface area contributed by atoms with Gasteiger partial charge in [-0.3, -0.25) is 9.59 Å². The number of carbonyl (C=O) groups excluding carboxylic acids is 2. The van der Waals surface area contributed by atoms with Gasteiger partial charge in [0.15, 0.2) is 0 Å². The van der Waals surface area contributed by atoms with E-state index >= 15 is 0 Å². The number of nitrogens with two attached hydrogens (primary N) is 2. The van der Waals surface area contributed by atoms with Crippen LogP contribution in [0.25, 0.3) is 0 Å². The molecule has 0 bridgehead atoms. The predicted octanol–water partition coefficient (Wildman–Crippen LogP) is 2.86. The van der Waals surface area contributed by atoms with Crippen molar-refractivity contribution in [3.63, 3.8) is 0 Å². The lowest BCUT2D eigenvalue weighted by Crippen LogP contribution is -2.54. The summed E-state index contributed by atoms with van der Waals surface area (Å²) in [6, 6.07) is 12.3. The second-order valence-corrected chi connectivity index (χ2v) is 6.78. The van der Waals surface area contributed by atoms with Crippen molar-refractivity contribution in [3.8, 4) is 0 Å². The predicted molar refractivity (Wildman–Crippen MR) is 98.7 cm³/mol. The molecule has 0 aromatic heterocycles. The van der Waals surface area contributed by atoms with Gasteiger partial charge in [0.05, 0.1) is 11.5 Å². The standard InChI is InChI=1S/C20H22F3N3O2/c1-12(16(24)13-7-4-3-5-8-13)17(27)26-19(2,18(25)28)14-9-6-10-15(11-14)20(21,22)23/h3-12,16H,24H2,1-2H3,(H2,25,28)(H,26,27). The molecule has 0 heterocycles. The quantitative estimate of drug-likeness (QED) is 0.704. The molecule has 0 aliphatic heterocycles. The van der Waals surface area contributed by atoms with E-state index in [9.17, 15) is 22.8 Å². The third-order valence-electron chi connectivity index (χ3n) is 4.77. The van der Waals surface area contributed by atoms with Gasteiger partial charge in [-0.1, -0.05) is 49.4 Å². The van der Waals surface area contributed by atoms with Gasteiger partial charge in [-0.15, -0.1) is 0 Å². The van der Waals surface area contributed by atoms with E-state index in [0.29, 0.717) is 5.56 Å². The Morgan fingerprint density at radius 2 is 1.57 bits per heavy atom. The van der Waals surface area contributed by atoms with Gasteiger partial charge in [0.1, 0.15) is 5.54 Å². The molecule has 2 aromatic carbocycles. The van der Waals surface area contributed by atoms with Crippen molar-refractivity contribution in [2.75, 3.05) is 0 Å². The number of halogens is 3. The van der Waals surface area contributed by atoms with Crippen LogP contribution in [-0.4, -0.2) is 11.8 Å². The zero-order chi connectivity index (χ0) is 21.1. The Labute approximate surface area is 160 Å². The molecule has 2 amide bonds. The SMILES string of the molecule is CC(C(=O)NC(C)(C(N)=O)c1cccc(C(F)(F)F)c1)C(N)c1ccccc1. The van der Waals surface area contributed by atoms with Crippen molar-refractivity contribution >= 4 is 11.8 Å². The van der Waals surface area contributed by atoms with E-state index in [0.717, 1.165) is 18.2 Å². The van der Waals surface area contributed by atoms with Crippen LogP contribution in [0.3, 0.4) is 0 Å². The fraction of sp³-hybridized carbons (Fsp3) is 0.300. The molecular formula is C20H22F3N3O2. The summed E-state index contributed by atoms with van der Waals surface area (Å²) in [6.07, 6.45) is -4.60. The maximum Gasteiger partial charge on any atom is 0.416 e. The summed E-state index contributed by atoms with van der Waals surface area (Å²) in [5.41, 5.74) is 9.43. The lowest BCUT2D eigenvalue weighted by Gasteiger charge is -2.31. The van der Waals surface area contributed by atoms with Crippen molar-refractivity contribution in [1.29, 1.82) is 0 Å². The number of carbonyl (C=O) groups is 2. The average molecular weight is 393 g/mol. The number of benzene rings is 2. The highest BCUT2D eigenvalue weighted by molar-refractivity contribution is 5.92. The van der Waals surface area contributed by atoms with Crippen LogP contribution in [0.1, 0.15) is 36.6 Å². The first-order valence-corrected chi connectivity index (χ1v) is 8.57. The number of hydrogen-bond acceptors (Lipinski definition) is 3. The summed E-state index contributed by atoms with van der Waals surface area (Å²) in [7, 11) is 0. The first-order valence-electron chi connectivity index (χ1n) is 8.57. The molecule has 3 unspecified atom stereocenters. The highest BCUT2D eigenvalue weighted by Crippen LogP contribution is 2.32. The molecule has 150 valence electrons. The Hall–Kier alpha value is -2.87. The first-order chi connectivity index (χ1) is 13.0. The van der Waals surface area contributed by atoms with Crippen molar-refractivity contribution < 1.29 is 22.8 Å². The minimum Gasteiger partial charge on any atom is -0.367 e. The molecule has 0 aliphatic carbocycles. The maximum atomic E-state index is 13.0. The topological polar surface area (TPSA) is 98.2 Å². The zero-order valence-corrected chi connectivity index (χ0v) is 15.5. The third kappa shape index (κ3) is 4.51. The molecule has 0 spiro atoms. The van der Waals surface area contributed by atoms with Gasteiger partial charge in [0.2, 0.25) is 11.8 Å². The highest BCUT2D eigenvalue weighted by atomic mass is 19.4. The lowest BCUT2D eigenvalue weighted by molar-refractivity contribution is -0.138. The summed E-state index contributed by atoms with van der Waals surface area (Å²) in [6.45, 7) is 2.84. The van der Waals surface area contributed by atoms with E-state index in [2.05, 4.69) is 5.32 Å². The normalized spacial score (nSPS) is 15.9. The van der Waals surface area contributed by atoms with Gasteiger partial charge >= 0.3 is 6.18 Å². The van der Waals surface area contributed by atoms with Crippen LogP contribution in [0.15, 0.2) is 54.6 Å². The molecule has 0 saturated heterocycles. The van der Waals surface area contributed by atoms with E-state index in [4.69, 9.17) is 11.5 Å². The van der Waals surface area contributed by atoms with Crippen molar-refractivity contribution in [1.82, 2.24) is 5.32 Å². The fourth-order valence-corrected chi connectivity index (χ4v) is 2.77. The summed E-state index contributed by atoms with van der Waals surface area (Å²) in [5.74, 6) is -2.34. The van der Waals surface area contributed by atoms with Crippen molar-refractivity contribution in [2.45, 2.75) is 31.6 Å². The summed E-state index contributed by atoms with van der Waals surface area (Å²) in [5, 5.41) is 2.48. The van der Waals surface area contributed by atoms with Gasteiger partial charge in [-0.05, 0) is 30.2 Å². The molecule has 0 saturated carbocycles. The van der Waals surface area contributed by atoms with Crippen LogP contribution in [-0.2, 0) is 21.3 Å². The number of alkyl halides is 3. The van der Waals surface area contributed by atoms with Gasteiger partial charge in [-0.2, -0.15) is 13.2 Å². The molecule has 0 radical (unpaired) electrons. The average Bonchev–Trinajstić information content (AvgIpc) is 2.66. The molecule has 3 atom stereocenters. The molecule has 5 N–H and O–H groups in total. The fourth-order valence-electron chi connectivity index (χ4n) is 2.77. The van der Waals surface area contributed by atoms with Crippen LogP contribution in [0.5, 0.6) is 0 Å². The number of primary amides is 1. The second kappa shape index (κ2) is 8.02. The summed E-state index contributed by atoms with van der Waals surface area (Å²) in [4.78, 5) is 24.8. The van der Waals surface area contributed by atoms with Gasteiger partial charge < -0.3 is 16.8 Å². The summed E-state index contributed by atoms with van der Waals surface area (Å²) >= 11 is 0. The minimum atomic E-state index is -4.60. The van der Waals surface area contributed by atoms with Crippen LogP contribution in [0.2, 0.25) is 0 Å². The number of nitrogens with one attached hydrogen (secondary N) is 1. The number of rotatable bonds is 6. The maximum absolute atomic E-state index is 13.0. The van der Waals surface area contributed by atoms with Gasteiger partial charge in [-0.25, -0.2) is 0 Å². The van der Waals surface area contributed by atoms with Crippen LogP contribution >= 0.6 is 0 Å².